The van der Waals surface area contributed by atoms with Crippen LogP contribution in [0, 0.1) is 5.82 Å². The number of anilines is 1. The molecule has 2 rings (SSSR count). The molecule has 0 spiro atoms. The zero-order valence-corrected chi connectivity index (χ0v) is 14.0. The molecule has 0 bridgehead atoms. The maximum Gasteiger partial charge on any atom is 0.266 e. The third-order valence-corrected chi connectivity index (χ3v) is 5.42. The molecule has 0 fully saturated rings. The van der Waals surface area contributed by atoms with Crippen LogP contribution in [0.5, 0.6) is 0 Å². The first-order chi connectivity index (χ1) is 9.95. The summed E-state index contributed by atoms with van der Waals surface area (Å²) in [7, 11) is 1.79. The van der Waals surface area contributed by atoms with Gasteiger partial charge in [-0.2, -0.15) is 11.8 Å². The number of thiophene rings is 1. The lowest BCUT2D eigenvalue weighted by molar-refractivity contribution is 0.0747. The predicted molar refractivity (Wildman–Crippen MR) is 90.7 cm³/mol. The highest BCUT2D eigenvalue weighted by Crippen LogP contribution is 2.35. The van der Waals surface area contributed by atoms with Gasteiger partial charge in [0.05, 0.1) is 5.69 Å². The van der Waals surface area contributed by atoms with Gasteiger partial charge in [-0.3, -0.25) is 4.79 Å². The highest BCUT2D eigenvalue weighted by molar-refractivity contribution is 7.98. The van der Waals surface area contributed by atoms with E-state index in [9.17, 15) is 9.18 Å². The summed E-state index contributed by atoms with van der Waals surface area (Å²) in [5.74, 6) is 0.571. The van der Waals surface area contributed by atoms with Gasteiger partial charge in [0.15, 0.2) is 0 Å². The van der Waals surface area contributed by atoms with Gasteiger partial charge in [0.25, 0.3) is 5.91 Å². The molecule has 6 heteroatoms. The highest BCUT2D eigenvalue weighted by Gasteiger charge is 2.22. The molecular weight excluding hydrogens is 307 g/mol. The molecule has 1 unspecified atom stereocenters. The van der Waals surface area contributed by atoms with E-state index in [1.807, 2.05) is 13.2 Å². The van der Waals surface area contributed by atoms with Crippen LogP contribution in [0.1, 0.15) is 23.0 Å². The normalized spacial score (nSPS) is 12.6. The quantitative estimate of drug-likeness (QED) is 0.908. The van der Waals surface area contributed by atoms with E-state index in [-0.39, 0.29) is 17.8 Å². The van der Waals surface area contributed by atoms with E-state index >= 15 is 0 Å². The molecule has 1 aromatic heterocycles. The lowest BCUT2D eigenvalue weighted by atomic mass is 10.2. The monoisotopic (exact) mass is 326 g/mol. The number of halogens is 1. The van der Waals surface area contributed by atoms with Crippen molar-refractivity contribution >= 4 is 44.8 Å². The Balaban J connectivity index is 2.29. The lowest BCUT2D eigenvalue weighted by Gasteiger charge is -2.24. The predicted octanol–water partition coefficient (Wildman–Crippen LogP) is 3.84. The summed E-state index contributed by atoms with van der Waals surface area (Å²) in [6.07, 6.45) is 2.98. The van der Waals surface area contributed by atoms with Crippen molar-refractivity contribution in [2.24, 2.45) is 0 Å². The first-order valence-corrected chi connectivity index (χ1v) is 8.90. The van der Waals surface area contributed by atoms with Crippen LogP contribution in [0.15, 0.2) is 18.2 Å². The van der Waals surface area contributed by atoms with E-state index in [0.717, 1.165) is 16.9 Å². The average molecular weight is 326 g/mol. The molecule has 1 amide bonds. The summed E-state index contributed by atoms with van der Waals surface area (Å²) in [6.45, 7) is 2.03. The number of fused-ring (bicyclic) bond motifs is 1. The summed E-state index contributed by atoms with van der Waals surface area (Å²) >= 11 is 3.08. The highest BCUT2D eigenvalue weighted by atomic mass is 32.2. The molecule has 1 heterocycles. The Bertz CT molecular complexity index is 656. The van der Waals surface area contributed by atoms with Crippen molar-refractivity contribution in [3.63, 3.8) is 0 Å². The molecule has 1 aromatic carbocycles. The SMILES string of the molecule is CSCCC(C)N(C)C(=O)c1sc2ccc(F)cc2c1N. The third-order valence-electron chi connectivity index (χ3n) is 3.60. The van der Waals surface area contributed by atoms with Gasteiger partial charge in [-0.25, -0.2) is 4.39 Å². The van der Waals surface area contributed by atoms with Crippen molar-refractivity contribution in [1.29, 1.82) is 0 Å². The van der Waals surface area contributed by atoms with Crippen molar-refractivity contribution in [1.82, 2.24) is 4.90 Å². The van der Waals surface area contributed by atoms with Crippen molar-refractivity contribution in [3.8, 4) is 0 Å². The second-order valence-electron chi connectivity index (χ2n) is 5.03. The van der Waals surface area contributed by atoms with Crippen LogP contribution in [-0.2, 0) is 0 Å². The molecule has 114 valence electrons. The largest absolute Gasteiger partial charge is 0.397 e. The summed E-state index contributed by atoms with van der Waals surface area (Å²) in [5, 5.41) is 0.619. The molecule has 0 saturated carbocycles. The number of hydrogen-bond donors (Lipinski definition) is 1. The van der Waals surface area contributed by atoms with Crippen molar-refractivity contribution < 1.29 is 9.18 Å². The van der Waals surface area contributed by atoms with Gasteiger partial charge in [-0.05, 0) is 43.6 Å². The standard InChI is InChI=1S/C15H19FN2OS2/c1-9(6-7-20-3)18(2)15(19)14-13(17)11-8-10(16)4-5-12(11)21-14/h4-5,8-9H,6-7,17H2,1-3H3. The van der Waals surface area contributed by atoms with E-state index < -0.39 is 0 Å². The summed E-state index contributed by atoms with van der Waals surface area (Å²) < 4.78 is 14.1. The third kappa shape index (κ3) is 3.32. The van der Waals surface area contributed by atoms with Gasteiger partial charge in [-0.1, -0.05) is 0 Å². The fraction of sp³-hybridized carbons (Fsp3) is 0.400. The Morgan fingerprint density at radius 1 is 1.52 bits per heavy atom. The molecule has 0 aliphatic rings. The number of thioether (sulfide) groups is 1. The van der Waals surface area contributed by atoms with Gasteiger partial charge in [0.2, 0.25) is 0 Å². The molecule has 0 saturated heterocycles. The Labute approximate surface area is 132 Å². The zero-order chi connectivity index (χ0) is 15.6. The Morgan fingerprint density at radius 2 is 2.24 bits per heavy atom. The van der Waals surface area contributed by atoms with Crippen molar-refractivity contribution in [2.75, 3.05) is 24.8 Å². The molecule has 1 atom stereocenters. The minimum Gasteiger partial charge on any atom is -0.397 e. The van der Waals surface area contributed by atoms with E-state index in [0.29, 0.717) is 16.0 Å². The van der Waals surface area contributed by atoms with Crippen LogP contribution >= 0.6 is 23.1 Å². The minimum absolute atomic E-state index is 0.0947. The van der Waals surface area contributed by atoms with E-state index in [1.165, 1.54) is 23.5 Å². The van der Waals surface area contributed by atoms with Gasteiger partial charge in [0.1, 0.15) is 10.7 Å². The molecule has 2 aromatic rings. The zero-order valence-electron chi connectivity index (χ0n) is 12.4. The summed E-state index contributed by atoms with van der Waals surface area (Å²) in [6, 6.07) is 4.58. The van der Waals surface area contributed by atoms with E-state index in [2.05, 4.69) is 0 Å². The smallest absolute Gasteiger partial charge is 0.266 e. The number of nitrogen functional groups attached to an aromatic ring is 1. The maximum absolute atomic E-state index is 13.3. The first-order valence-electron chi connectivity index (χ1n) is 6.69. The van der Waals surface area contributed by atoms with Crippen LogP contribution in [0.4, 0.5) is 10.1 Å². The Hall–Kier alpha value is -1.27. The summed E-state index contributed by atoms with van der Waals surface area (Å²) in [4.78, 5) is 14.8. The molecule has 0 aliphatic heterocycles. The van der Waals surface area contributed by atoms with E-state index in [4.69, 9.17) is 5.73 Å². The van der Waals surface area contributed by atoms with Gasteiger partial charge in [-0.15, -0.1) is 11.3 Å². The van der Waals surface area contributed by atoms with Gasteiger partial charge in [0, 0.05) is 23.2 Å². The number of nitrogens with zero attached hydrogens (tertiary/aromatic N) is 1. The first kappa shape index (κ1) is 16.1. The fourth-order valence-corrected chi connectivity index (χ4v) is 3.75. The molecular formula is C15H19FN2OS2. The van der Waals surface area contributed by atoms with Gasteiger partial charge < -0.3 is 10.6 Å². The Kier molecular flexibility index (Phi) is 5.11. The van der Waals surface area contributed by atoms with Crippen LogP contribution in [0.2, 0.25) is 0 Å². The van der Waals surface area contributed by atoms with Gasteiger partial charge >= 0.3 is 0 Å². The fourth-order valence-electron chi connectivity index (χ4n) is 2.09. The molecule has 2 N–H and O–H groups in total. The average Bonchev–Trinajstić information content (AvgIpc) is 2.80. The summed E-state index contributed by atoms with van der Waals surface area (Å²) in [5.41, 5.74) is 6.42. The minimum atomic E-state index is -0.340. The number of carbonyl (C=O) groups excluding carboxylic acids is 1. The van der Waals surface area contributed by atoms with Crippen molar-refractivity contribution in [3.05, 3.63) is 28.9 Å². The van der Waals surface area contributed by atoms with Crippen LogP contribution in [0.3, 0.4) is 0 Å². The number of carbonyl (C=O) groups is 1. The van der Waals surface area contributed by atoms with Crippen LogP contribution < -0.4 is 5.73 Å². The Morgan fingerprint density at radius 3 is 2.90 bits per heavy atom. The number of benzene rings is 1. The topological polar surface area (TPSA) is 46.3 Å². The number of nitrogens with two attached hydrogens (primary N) is 1. The molecule has 0 radical (unpaired) electrons. The van der Waals surface area contributed by atoms with Crippen molar-refractivity contribution in [2.45, 2.75) is 19.4 Å². The lowest BCUT2D eigenvalue weighted by Crippen LogP contribution is -2.35. The molecule has 3 nitrogen and oxygen atoms in total. The van der Waals surface area contributed by atoms with E-state index in [1.54, 1.807) is 29.8 Å². The number of hydrogen-bond acceptors (Lipinski definition) is 4. The second-order valence-corrected chi connectivity index (χ2v) is 7.07. The van der Waals surface area contributed by atoms with Crippen LogP contribution in [-0.4, -0.2) is 35.9 Å². The maximum atomic E-state index is 13.3. The molecule has 0 aliphatic carbocycles. The second kappa shape index (κ2) is 6.66. The molecule has 21 heavy (non-hydrogen) atoms. The number of rotatable bonds is 5. The number of amides is 1. The van der Waals surface area contributed by atoms with Crippen LogP contribution in [0.25, 0.3) is 10.1 Å².